The molecule has 66 valence electrons. The largest absolute Gasteiger partial charge is 0.356 e. The summed E-state index contributed by atoms with van der Waals surface area (Å²) in [5, 5.41) is 0. The third-order valence-electron chi connectivity index (χ3n) is 1.21. The predicted octanol–water partition coefficient (Wildman–Crippen LogP) is -1.29. The second kappa shape index (κ2) is 4.96. The topological polar surface area (TPSA) is 46.5 Å². The molecule has 4 heteroatoms. The first-order valence-electron chi connectivity index (χ1n) is 3.78. The Hall–Kier alpha value is -0.770. The molecule has 0 aliphatic rings. The summed E-state index contributed by atoms with van der Waals surface area (Å²) in [6, 6.07) is 0. The maximum atomic E-state index is 4.35. The van der Waals surface area contributed by atoms with Crippen molar-refractivity contribution in [2.75, 3.05) is 41.3 Å². The van der Waals surface area contributed by atoms with Crippen molar-refractivity contribution in [3.63, 3.8) is 0 Å². The molecule has 3 N–H and O–H groups in total. The molecule has 0 aromatic carbocycles. The van der Waals surface area contributed by atoms with E-state index in [0.29, 0.717) is 0 Å². The van der Waals surface area contributed by atoms with Crippen LogP contribution in [0.5, 0.6) is 0 Å². The van der Waals surface area contributed by atoms with Crippen LogP contribution in [0.1, 0.15) is 0 Å². The smallest absolute Gasteiger partial charge is 0.195 e. The molecule has 4 nitrogen and oxygen atoms in total. The lowest BCUT2D eigenvalue weighted by Gasteiger charge is -2.22. The Labute approximate surface area is 68.7 Å². The summed E-state index contributed by atoms with van der Waals surface area (Å²) in [5.41, 5.74) is 3.73. The SMILES string of the molecule is CN(C)C(=NCC[NH3+])N(C)C. The number of guanidine groups is 1. The number of nitrogens with zero attached hydrogens (tertiary/aromatic N) is 3. The van der Waals surface area contributed by atoms with Crippen LogP contribution in [0.15, 0.2) is 4.99 Å². The molecule has 0 saturated heterocycles. The zero-order chi connectivity index (χ0) is 8.85. The minimum absolute atomic E-state index is 0.797. The van der Waals surface area contributed by atoms with Crippen molar-refractivity contribution in [3.05, 3.63) is 0 Å². The highest BCUT2D eigenvalue weighted by molar-refractivity contribution is 5.79. The average molecular weight is 159 g/mol. The van der Waals surface area contributed by atoms with Gasteiger partial charge in [0.2, 0.25) is 0 Å². The molecule has 0 fully saturated rings. The van der Waals surface area contributed by atoms with Crippen LogP contribution in [0.2, 0.25) is 0 Å². The number of hydrogen-bond acceptors (Lipinski definition) is 1. The van der Waals surface area contributed by atoms with Crippen LogP contribution in [0, 0.1) is 0 Å². The summed E-state index contributed by atoms with van der Waals surface area (Å²) in [7, 11) is 7.95. The summed E-state index contributed by atoms with van der Waals surface area (Å²) in [6.07, 6.45) is 0. The summed E-state index contributed by atoms with van der Waals surface area (Å²) < 4.78 is 0. The maximum absolute atomic E-state index is 4.35. The quantitative estimate of drug-likeness (QED) is 0.402. The van der Waals surface area contributed by atoms with E-state index < -0.39 is 0 Å². The van der Waals surface area contributed by atoms with Crippen molar-refractivity contribution in [1.29, 1.82) is 0 Å². The molecule has 0 aromatic rings. The minimum Gasteiger partial charge on any atom is -0.356 e. The first-order valence-corrected chi connectivity index (χ1v) is 3.78. The molecule has 0 atom stereocenters. The first kappa shape index (κ1) is 10.2. The van der Waals surface area contributed by atoms with Crippen molar-refractivity contribution in [1.82, 2.24) is 9.80 Å². The van der Waals surface area contributed by atoms with Crippen LogP contribution < -0.4 is 5.73 Å². The second-order valence-electron chi connectivity index (χ2n) is 2.82. The van der Waals surface area contributed by atoms with Crippen molar-refractivity contribution in [3.8, 4) is 0 Å². The molecule has 0 aliphatic heterocycles. The number of hydrogen-bond donors (Lipinski definition) is 1. The van der Waals surface area contributed by atoms with Gasteiger partial charge in [-0.15, -0.1) is 0 Å². The van der Waals surface area contributed by atoms with E-state index in [1.54, 1.807) is 0 Å². The molecule has 0 aliphatic carbocycles. The van der Waals surface area contributed by atoms with E-state index >= 15 is 0 Å². The highest BCUT2D eigenvalue weighted by Crippen LogP contribution is 1.87. The van der Waals surface area contributed by atoms with E-state index in [1.165, 1.54) is 0 Å². The fourth-order valence-corrected chi connectivity index (χ4v) is 0.862. The average Bonchev–Trinajstić information content (AvgIpc) is 1.87. The number of quaternary nitrogens is 1. The van der Waals surface area contributed by atoms with Gasteiger partial charge in [0.1, 0.15) is 0 Å². The fraction of sp³-hybridized carbons (Fsp3) is 0.857. The first-order chi connectivity index (χ1) is 5.09. The van der Waals surface area contributed by atoms with E-state index in [0.717, 1.165) is 19.0 Å². The minimum atomic E-state index is 0.797. The standard InChI is InChI=1S/C7H18N4/c1-10(2)7(11(3)4)9-6-5-8/h5-6,8H2,1-4H3/p+1. The Kier molecular flexibility index (Phi) is 4.61. The summed E-state index contributed by atoms with van der Waals surface area (Å²) in [4.78, 5) is 8.34. The Morgan fingerprint density at radius 2 is 1.64 bits per heavy atom. The van der Waals surface area contributed by atoms with E-state index in [4.69, 9.17) is 0 Å². The van der Waals surface area contributed by atoms with Crippen LogP contribution in [-0.2, 0) is 0 Å². The van der Waals surface area contributed by atoms with Gasteiger partial charge in [-0.25, -0.2) is 4.99 Å². The predicted molar refractivity (Wildman–Crippen MR) is 47.4 cm³/mol. The fourth-order valence-electron chi connectivity index (χ4n) is 0.862. The summed E-state index contributed by atoms with van der Waals surface area (Å²) in [5.74, 6) is 0.994. The Morgan fingerprint density at radius 1 is 1.18 bits per heavy atom. The van der Waals surface area contributed by atoms with Gasteiger partial charge in [-0.2, -0.15) is 0 Å². The molecule has 0 rings (SSSR count). The van der Waals surface area contributed by atoms with Gasteiger partial charge >= 0.3 is 0 Å². The monoisotopic (exact) mass is 159 g/mol. The highest BCUT2D eigenvalue weighted by atomic mass is 15.3. The van der Waals surface area contributed by atoms with E-state index in [1.807, 2.05) is 38.0 Å². The van der Waals surface area contributed by atoms with Crippen molar-refractivity contribution in [2.24, 2.45) is 4.99 Å². The third kappa shape index (κ3) is 3.83. The van der Waals surface area contributed by atoms with Crippen LogP contribution in [0.3, 0.4) is 0 Å². The molecule has 0 amide bonds. The molecule has 0 heterocycles. The van der Waals surface area contributed by atoms with Crippen LogP contribution >= 0.6 is 0 Å². The summed E-state index contributed by atoms with van der Waals surface area (Å²) in [6.45, 7) is 1.65. The second-order valence-corrected chi connectivity index (χ2v) is 2.82. The lowest BCUT2D eigenvalue weighted by atomic mass is 10.6. The molecule has 11 heavy (non-hydrogen) atoms. The van der Waals surface area contributed by atoms with Crippen molar-refractivity contribution < 1.29 is 5.73 Å². The molecular formula is C7H19N4+. The molecule has 0 radical (unpaired) electrons. The van der Waals surface area contributed by atoms with Gasteiger partial charge in [0.05, 0.1) is 13.1 Å². The van der Waals surface area contributed by atoms with E-state index in [9.17, 15) is 0 Å². The maximum Gasteiger partial charge on any atom is 0.195 e. The van der Waals surface area contributed by atoms with Gasteiger partial charge in [-0.1, -0.05) is 0 Å². The van der Waals surface area contributed by atoms with Crippen molar-refractivity contribution in [2.45, 2.75) is 0 Å². The zero-order valence-electron chi connectivity index (χ0n) is 7.96. The lowest BCUT2D eigenvalue weighted by Crippen LogP contribution is -2.52. The lowest BCUT2D eigenvalue weighted by molar-refractivity contribution is -0.363. The van der Waals surface area contributed by atoms with Gasteiger partial charge in [-0.3, -0.25) is 0 Å². The molecule has 0 saturated carbocycles. The third-order valence-corrected chi connectivity index (χ3v) is 1.21. The Morgan fingerprint density at radius 3 is 1.91 bits per heavy atom. The molecular weight excluding hydrogens is 140 g/mol. The van der Waals surface area contributed by atoms with Crippen molar-refractivity contribution >= 4 is 5.96 Å². The van der Waals surface area contributed by atoms with Gasteiger partial charge < -0.3 is 15.5 Å². The molecule has 0 spiro atoms. The Balaban J connectivity index is 4.09. The van der Waals surface area contributed by atoms with E-state index in [2.05, 4.69) is 10.7 Å². The Bertz CT molecular complexity index is 118. The van der Waals surface area contributed by atoms with Gasteiger partial charge in [-0.05, 0) is 0 Å². The summed E-state index contributed by atoms with van der Waals surface area (Å²) >= 11 is 0. The highest BCUT2D eigenvalue weighted by Gasteiger charge is 2.02. The number of aliphatic imine (C=N–C) groups is 1. The van der Waals surface area contributed by atoms with Crippen LogP contribution in [0.4, 0.5) is 0 Å². The van der Waals surface area contributed by atoms with Gasteiger partial charge in [0.25, 0.3) is 0 Å². The molecule has 0 unspecified atom stereocenters. The van der Waals surface area contributed by atoms with Crippen LogP contribution in [-0.4, -0.2) is 57.0 Å². The normalized spacial score (nSPS) is 9.18. The molecule has 0 bridgehead atoms. The van der Waals surface area contributed by atoms with Gasteiger partial charge in [0.15, 0.2) is 5.96 Å². The van der Waals surface area contributed by atoms with Gasteiger partial charge in [0, 0.05) is 28.2 Å². The van der Waals surface area contributed by atoms with Crippen LogP contribution in [0.25, 0.3) is 0 Å². The molecule has 0 aromatic heterocycles. The number of rotatable bonds is 2. The zero-order valence-corrected chi connectivity index (χ0v) is 7.96. The van der Waals surface area contributed by atoms with E-state index in [-0.39, 0.29) is 0 Å².